The first-order chi connectivity index (χ1) is 15.1. The van der Waals surface area contributed by atoms with Crippen LogP contribution in [0, 0.1) is 0 Å². The van der Waals surface area contributed by atoms with Crippen LogP contribution >= 0.6 is 22.9 Å². The van der Waals surface area contributed by atoms with Crippen LogP contribution in [0.5, 0.6) is 0 Å². The van der Waals surface area contributed by atoms with Crippen LogP contribution in [0.3, 0.4) is 0 Å². The first kappa shape index (κ1) is 19.5. The Morgan fingerprint density at radius 3 is 2.74 bits per heavy atom. The maximum Gasteiger partial charge on any atom is 0.437 e. The van der Waals surface area contributed by atoms with Crippen molar-refractivity contribution >= 4 is 34.6 Å². The zero-order valence-corrected chi connectivity index (χ0v) is 17.5. The number of hydrogen-bond donors (Lipinski definition) is 0. The average molecular weight is 455 g/mol. The fourth-order valence-electron chi connectivity index (χ4n) is 3.37. The molecule has 8 nitrogen and oxygen atoms in total. The van der Waals surface area contributed by atoms with Gasteiger partial charge in [-0.3, -0.25) is 4.79 Å². The number of furan rings is 1. The highest BCUT2D eigenvalue weighted by Crippen LogP contribution is 2.33. The third-order valence-electron chi connectivity index (χ3n) is 4.84. The quantitative estimate of drug-likeness (QED) is 0.450. The molecule has 4 heterocycles. The Labute approximate surface area is 185 Å². The molecule has 1 aliphatic rings. The van der Waals surface area contributed by atoms with Crippen molar-refractivity contribution in [3.63, 3.8) is 0 Å². The van der Waals surface area contributed by atoms with E-state index in [0.717, 1.165) is 16.0 Å². The third kappa shape index (κ3) is 3.85. The first-order valence-corrected chi connectivity index (χ1v) is 10.6. The summed E-state index contributed by atoms with van der Waals surface area (Å²) in [6, 6.07) is 14.0. The van der Waals surface area contributed by atoms with Crippen molar-refractivity contribution in [1.29, 1.82) is 0 Å². The van der Waals surface area contributed by atoms with Gasteiger partial charge < -0.3 is 8.83 Å². The molecule has 1 aliphatic heterocycles. The number of benzene rings is 1. The molecule has 0 fully saturated rings. The fraction of sp³-hybridized carbons (Fsp3) is 0.143. The highest BCUT2D eigenvalue weighted by molar-refractivity contribution is 7.13. The normalized spacial score (nSPS) is 16.0. The minimum Gasteiger partial charge on any atom is -0.467 e. The van der Waals surface area contributed by atoms with Gasteiger partial charge in [0.25, 0.3) is 11.8 Å². The lowest BCUT2D eigenvalue weighted by Gasteiger charge is -2.19. The lowest BCUT2D eigenvalue weighted by Crippen LogP contribution is -2.33. The number of carbonyl (C=O) groups is 1. The van der Waals surface area contributed by atoms with Gasteiger partial charge in [-0.15, -0.1) is 16.4 Å². The van der Waals surface area contributed by atoms with E-state index < -0.39 is 17.7 Å². The highest BCUT2D eigenvalue weighted by Gasteiger charge is 2.35. The van der Waals surface area contributed by atoms with Crippen LogP contribution in [0.15, 0.2) is 78.9 Å². The number of aromatic nitrogens is 2. The molecule has 0 spiro atoms. The maximum atomic E-state index is 13.1. The molecule has 1 unspecified atom stereocenters. The van der Waals surface area contributed by atoms with E-state index in [1.165, 1.54) is 16.3 Å². The smallest absolute Gasteiger partial charge is 0.437 e. The van der Waals surface area contributed by atoms with Gasteiger partial charge in [-0.1, -0.05) is 29.8 Å². The average Bonchev–Trinajstić information content (AvgIpc) is 3.55. The Balaban J connectivity index is 1.43. The minimum atomic E-state index is -0.701. The molecule has 1 aromatic carbocycles. The lowest BCUT2D eigenvalue weighted by molar-refractivity contribution is -0.134. The number of thiophene rings is 1. The summed E-state index contributed by atoms with van der Waals surface area (Å²) in [5.74, 6) is -0.319. The minimum absolute atomic E-state index is 0.183. The molecule has 0 N–H and O–H groups in total. The molecule has 3 aromatic heterocycles. The second kappa shape index (κ2) is 8.01. The largest absolute Gasteiger partial charge is 0.467 e. The van der Waals surface area contributed by atoms with Crippen molar-refractivity contribution in [1.82, 2.24) is 14.8 Å². The molecule has 0 saturated heterocycles. The van der Waals surface area contributed by atoms with Gasteiger partial charge in [0.2, 0.25) is 0 Å². The Morgan fingerprint density at radius 2 is 2.03 bits per heavy atom. The molecule has 0 aliphatic carbocycles. The molecule has 0 bridgehead atoms. The summed E-state index contributed by atoms with van der Waals surface area (Å²) >= 11 is 7.38. The first-order valence-electron chi connectivity index (χ1n) is 9.39. The van der Waals surface area contributed by atoms with Crippen LogP contribution in [0.4, 0.5) is 0 Å². The van der Waals surface area contributed by atoms with Gasteiger partial charge in [-0.25, -0.2) is 9.80 Å². The predicted molar refractivity (Wildman–Crippen MR) is 115 cm³/mol. The number of hydrogen-bond acceptors (Lipinski definition) is 7. The predicted octanol–water partition coefficient (Wildman–Crippen LogP) is 4.19. The highest BCUT2D eigenvalue weighted by atomic mass is 35.5. The van der Waals surface area contributed by atoms with Crippen molar-refractivity contribution in [2.24, 2.45) is 5.10 Å². The van der Waals surface area contributed by atoms with Gasteiger partial charge >= 0.3 is 5.76 Å². The summed E-state index contributed by atoms with van der Waals surface area (Å²) in [7, 11) is 0. The standard InChI is InChI=1S/C21H15ClN4O4S/c22-14-7-5-13(6-8-14)15-11-16(17-3-1-9-29-17)26(23-15)19(27)12-25-21(28)30-20(24-25)18-4-2-10-31-18/h1-10,16H,11-12H2. The van der Waals surface area contributed by atoms with Crippen molar-refractivity contribution in [2.45, 2.75) is 19.0 Å². The summed E-state index contributed by atoms with van der Waals surface area (Å²) in [4.78, 5) is 26.0. The van der Waals surface area contributed by atoms with E-state index in [4.69, 9.17) is 20.4 Å². The summed E-state index contributed by atoms with van der Waals surface area (Å²) < 4.78 is 11.7. The number of carbonyl (C=O) groups excluding carboxylic acids is 1. The van der Waals surface area contributed by atoms with E-state index in [9.17, 15) is 9.59 Å². The van der Waals surface area contributed by atoms with Crippen LogP contribution in [0.25, 0.3) is 10.8 Å². The van der Waals surface area contributed by atoms with E-state index in [1.807, 2.05) is 23.6 Å². The number of hydrazone groups is 1. The number of rotatable bonds is 5. The molecule has 0 radical (unpaired) electrons. The Hall–Kier alpha value is -3.43. The van der Waals surface area contributed by atoms with Crippen molar-refractivity contribution in [2.75, 3.05) is 0 Å². The topological polar surface area (TPSA) is 93.8 Å². The monoisotopic (exact) mass is 454 g/mol. The van der Waals surface area contributed by atoms with Gasteiger partial charge in [0.1, 0.15) is 18.3 Å². The Morgan fingerprint density at radius 1 is 1.19 bits per heavy atom. The zero-order valence-electron chi connectivity index (χ0n) is 16.0. The molecule has 1 amide bonds. The fourth-order valence-corrected chi connectivity index (χ4v) is 4.14. The molecule has 31 heavy (non-hydrogen) atoms. The summed E-state index contributed by atoms with van der Waals surface area (Å²) in [5.41, 5.74) is 1.58. The lowest BCUT2D eigenvalue weighted by atomic mass is 10.0. The second-order valence-corrected chi connectivity index (χ2v) is 8.22. The molecule has 5 rings (SSSR count). The van der Waals surface area contributed by atoms with Gasteiger partial charge in [0, 0.05) is 11.4 Å². The van der Waals surface area contributed by atoms with Crippen LogP contribution in [0.1, 0.15) is 23.8 Å². The summed E-state index contributed by atoms with van der Waals surface area (Å²) in [5, 5.41) is 12.5. The maximum absolute atomic E-state index is 13.1. The molecular formula is C21H15ClN4O4S. The number of nitrogens with zero attached hydrogens (tertiary/aromatic N) is 4. The van der Waals surface area contributed by atoms with Crippen LogP contribution in [0.2, 0.25) is 5.02 Å². The van der Waals surface area contributed by atoms with Gasteiger partial charge in [-0.05, 0) is 41.3 Å². The Bertz CT molecular complexity index is 1290. The molecule has 10 heteroatoms. The van der Waals surface area contributed by atoms with E-state index in [0.29, 0.717) is 22.1 Å². The molecule has 156 valence electrons. The molecule has 0 saturated carbocycles. The molecule has 1 atom stereocenters. The van der Waals surface area contributed by atoms with E-state index in [2.05, 4.69) is 10.2 Å². The number of halogens is 1. The Kier molecular flexibility index (Phi) is 5.05. The molecule has 4 aromatic rings. The van der Waals surface area contributed by atoms with Gasteiger partial charge in [0.05, 0.1) is 16.9 Å². The van der Waals surface area contributed by atoms with E-state index in [1.54, 1.807) is 36.6 Å². The van der Waals surface area contributed by atoms with Crippen molar-refractivity contribution in [3.05, 3.63) is 87.1 Å². The summed E-state index contributed by atoms with van der Waals surface area (Å²) in [6.07, 6.45) is 2.02. The van der Waals surface area contributed by atoms with E-state index in [-0.39, 0.29) is 12.4 Å². The van der Waals surface area contributed by atoms with Crippen molar-refractivity contribution in [3.8, 4) is 10.8 Å². The van der Waals surface area contributed by atoms with Crippen LogP contribution in [-0.2, 0) is 11.3 Å². The summed E-state index contributed by atoms with van der Waals surface area (Å²) in [6.45, 7) is -0.303. The van der Waals surface area contributed by atoms with Crippen LogP contribution in [-0.4, -0.2) is 26.4 Å². The van der Waals surface area contributed by atoms with Crippen molar-refractivity contribution < 1.29 is 13.6 Å². The van der Waals surface area contributed by atoms with Crippen LogP contribution < -0.4 is 5.76 Å². The zero-order chi connectivity index (χ0) is 21.4. The van der Waals surface area contributed by atoms with Gasteiger partial charge in [-0.2, -0.15) is 9.78 Å². The third-order valence-corrected chi connectivity index (χ3v) is 5.95. The van der Waals surface area contributed by atoms with Gasteiger partial charge in [0.15, 0.2) is 0 Å². The van der Waals surface area contributed by atoms with E-state index >= 15 is 0 Å². The number of amides is 1. The molecular weight excluding hydrogens is 440 g/mol. The second-order valence-electron chi connectivity index (χ2n) is 6.84. The SMILES string of the molecule is O=C(Cn1nc(-c2cccs2)oc1=O)N1N=C(c2ccc(Cl)cc2)CC1c1ccco1.